The summed E-state index contributed by atoms with van der Waals surface area (Å²) in [7, 11) is 0. The lowest BCUT2D eigenvalue weighted by Crippen LogP contribution is -2.15. The second-order valence-electron chi connectivity index (χ2n) is 4.25. The minimum absolute atomic E-state index is 0.550. The van der Waals surface area contributed by atoms with Crippen molar-refractivity contribution in [3.63, 3.8) is 0 Å². The number of hydrogen-bond donors (Lipinski definition) is 1. The Labute approximate surface area is 104 Å². The topological polar surface area (TPSA) is 24.9 Å². The Hall–Kier alpha value is -0.280. The van der Waals surface area contributed by atoms with Gasteiger partial charge in [-0.1, -0.05) is 18.5 Å². The molecule has 1 heterocycles. The molecule has 1 saturated carbocycles. The second-order valence-corrected chi connectivity index (χ2v) is 5.53. The summed E-state index contributed by atoms with van der Waals surface area (Å²) in [6, 6.07) is 2.53. The molecule has 2 atom stereocenters. The Morgan fingerprint density at radius 2 is 2.33 bits per heavy atom. The van der Waals surface area contributed by atoms with Crippen LogP contribution in [0.1, 0.15) is 26.2 Å². The Balaban J connectivity index is 2.07. The van der Waals surface area contributed by atoms with Gasteiger partial charge in [-0.15, -0.1) is 0 Å². The normalized spacial score (nSPS) is 25.5. The zero-order chi connectivity index (χ0) is 10.8. The van der Waals surface area contributed by atoms with Gasteiger partial charge in [0, 0.05) is 16.7 Å². The van der Waals surface area contributed by atoms with Crippen LogP contribution in [0.3, 0.4) is 0 Å². The van der Waals surface area contributed by atoms with Crippen molar-refractivity contribution in [1.29, 1.82) is 0 Å². The van der Waals surface area contributed by atoms with Gasteiger partial charge >= 0.3 is 0 Å². The lowest BCUT2D eigenvalue weighted by molar-refractivity contribution is 0.602. The zero-order valence-corrected chi connectivity index (χ0v) is 11.0. The minimum Gasteiger partial charge on any atom is -0.380 e. The third-order valence-corrected chi connectivity index (χ3v) is 3.60. The van der Waals surface area contributed by atoms with Crippen molar-refractivity contribution in [3.05, 3.63) is 21.9 Å². The number of aromatic nitrogens is 1. The number of pyridine rings is 1. The molecule has 4 heteroatoms. The predicted octanol–water partition coefficient (Wildman–Crippen LogP) is 4.10. The molecule has 0 aromatic carbocycles. The van der Waals surface area contributed by atoms with Crippen molar-refractivity contribution in [2.75, 3.05) is 5.32 Å². The standard InChI is InChI=1S/C11H14BrClN2/c1-7-2-3-9(4-7)15-10-5-8(12)6-14-11(10)13/h5-7,9,15H,2-4H2,1H3. The highest BCUT2D eigenvalue weighted by atomic mass is 79.9. The van der Waals surface area contributed by atoms with Gasteiger partial charge in [0.1, 0.15) is 0 Å². The van der Waals surface area contributed by atoms with Gasteiger partial charge in [-0.05, 0) is 47.2 Å². The highest BCUT2D eigenvalue weighted by Crippen LogP contribution is 2.30. The number of nitrogens with zero attached hydrogens (tertiary/aromatic N) is 1. The highest BCUT2D eigenvalue weighted by Gasteiger charge is 2.21. The number of rotatable bonds is 2. The van der Waals surface area contributed by atoms with Crippen molar-refractivity contribution in [1.82, 2.24) is 4.98 Å². The van der Waals surface area contributed by atoms with Gasteiger partial charge in [0.05, 0.1) is 5.69 Å². The summed E-state index contributed by atoms with van der Waals surface area (Å²) in [4.78, 5) is 4.10. The monoisotopic (exact) mass is 288 g/mol. The van der Waals surface area contributed by atoms with Crippen molar-refractivity contribution in [2.24, 2.45) is 5.92 Å². The van der Waals surface area contributed by atoms with Gasteiger partial charge in [-0.25, -0.2) is 4.98 Å². The fraction of sp³-hybridized carbons (Fsp3) is 0.545. The molecule has 0 saturated heterocycles. The SMILES string of the molecule is CC1CCC(Nc2cc(Br)cnc2Cl)C1. The molecular weight excluding hydrogens is 275 g/mol. The summed E-state index contributed by atoms with van der Waals surface area (Å²) in [5.41, 5.74) is 0.935. The van der Waals surface area contributed by atoms with Gasteiger partial charge in [-0.3, -0.25) is 0 Å². The summed E-state index contributed by atoms with van der Waals surface area (Å²) in [6.07, 6.45) is 5.47. The summed E-state index contributed by atoms with van der Waals surface area (Å²) in [5.74, 6) is 0.821. The first kappa shape index (κ1) is 11.2. The van der Waals surface area contributed by atoms with E-state index < -0.39 is 0 Å². The predicted molar refractivity (Wildman–Crippen MR) is 67.4 cm³/mol. The summed E-state index contributed by atoms with van der Waals surface area (Å²) in [5, 5.41) is 4.01. The van der Waals surface area contributed by atoms with Crippen molar-refractivity contribution >= 4 is 33.2 Å². The van der Waals surface area contributed by atoms with E-state index in [1.54, 1.807) is 6.20 Å². The van der Waals surface area contributed by atoms with Crippen LogP contribution in [0.5, 0.6) is 0 Å². The fourth-order valence-corrected chi connectivity index (χ4v) is 2.57. The van der Waals surface area contributed by atoms with E-state index in [9.17, 15) is 0 Å². The van der Waals surface area contributed by atoms with Gasteiger partial charge in [-0.2, -0.15) is 0 Å². The van der Waals surface area contributed by atoms with Crippen molar-refractivity contribution in [2.45, 2.75) is 32.2 Å². The fourth-order valence-electron chi connectivity index (χ4n) is 2.08. The van der Waals surface area contributed by atoms with Gasteiger partial charge in [0.2, 0.25) is 0 Å². The molecule has 2 rings (SSSR count). The zero-order valence-electron chi connectivity index (χ0n) is 8.63. The third kappa shape index (κ3) is 2.85. The van der Waals surface area contributed by atoms with E-state index >= 15 is 0 Å². The van der Waals surface area contributed by atoms with E-state index in [2.05, 4.69) is 33.2 Å². The Morgan fingerprint density at radius 1 is 1.53 bits per heavy atom. The van der Waals surface area contributed by atoms with Gasteiger partial charge in [0.25, 0.3) is 0 Å². The molecule has 0 spiro atoms. The molecule has 1 N–H and O–H groups in total. The lowest BCUT2D eigenvalue weighted by Gasteiger charge is -2.14. The maximum atomic E-state index is 6.02. The second kappa shape index (κ2) is 4.71. The van der Waals surface area contributed by atoms with E-state index in [0.717, 1.165) is 16.1 Å². The van der Waals surface area contributed by atoms with Crippen LogP contribution in [-0.4, -0.2) is 11.0 Å². The molecule has 82 valence electrons. The molecule has 15 heavy (non-hydrogen) atoms. The van der Waals surface area contributed by atoms with E-state index in [1.165, 1.54) is 19.3 Å². The Kier molecular flexibility index (Phi) is 3.52. The first-order valence-electron chi connectivity index (χ1n) is 5.22. The molecule has 0 amide bonds. The largest absolute Gasteiger partial charge is 0.380 e. The first-order valence-corrected chi connectivity index (χ1v) is 6.40. The van der Waals surface area contributed by atoms with E-state index in [0.29, 0.717) is 11.2 Å². The lowest BCUT2D eigenvalue weighted by atomic mass is 10.1. The van der Waals surface area contributed by atoms with Crippen LogP contribution in [0.15, 0.2) is 16.7 Å². The molecule has 1 fully saturated rings. The molecular formula is C11H14BrClN2. The molecule has 2 nitrogen and oxygen atoms in total. The summed E-state index contributed by atoms with van der Waals surface area (Å²) in [6.45, 7) is 2.29. The quantitative estimate of drug-likeness (QED) is 0.829. The molecule has 1 aliphatic rings. The van der Waals surface area contributed by atoms with Crippen LogP contribution in [0, 0.1) is 5.92 Å². The first-order chi connectivity index (χ1) is 7.15. The van der Waals surface area contributed by atoms with E-state index in [-0.39, 0.29) is 0 Å². The van der Waals surface area contributed by atoms with Gasteiger partial charge < -0.3 is 5.32 Å². The summed E-state index contributed by atoms with van der Waals surface area (Å²) >= 11 is 9.41. The smallest absolute Gasteiger partial charge is 0.152 e. The Bertz CT molecular complexity index is 356. The average molecular weight is 290 g/mol. The van der Waals surface area contributed by atoms with Crippen LogP contribution in [0.4, 0.5) is 5.69 Å². The number of anilines is 1. The minimum atomic E-state index is 0.550. The van der Waals surface area contributed by atoms with Crippen LogP contribution in [-0.2, 0) is 0 Å². The summed E-state index contributed by atoms with van der Waals surface area (Å²) < 4.78 is 0.959. The maximum absolute atomic E-state index is 6.02. The van der Waals surface area contributed by atoms with Crippen LogP contribution < -0.4 is 5.32 Å². The molecule has 1 aromatic rings. The van der Waals surface area contributed by atoms with E-state index in [4.69, 9.17) is 11.6 Å². The van der Waals surface area contributed by atoms with Crippen LogP contribution >= 0.6 is 27.5 Å². The van der Waals surface area contributed by atoms with Crippen molar-refractivity contribution < 1.29 is 0 Å². The number of halogens is 2. The Morgan fingerprint density at radius 3 is 3.00 bits per heavy atom. The van der Waals surface area contributed by atoms with Gasteiger partial charge in [0.15, 0.2) is 5.15 Å². The number of nitrogens with one attached hydrogen (secondary N) is 1. The molecule has 0 radical (unpaired) electrons. The number of hydrogen-bond acceptors (Lipinski definition) is 2. The van der Waals surface area contributed by atoms with Crippen molar-refractivity contribution in [3.8, 4) is 0 Å². The highest BCUT2D eigenvalue weighted by molar-refractivity contribution is 9.10. The third-order valence-electron chi connectivity index (χ3n) is 2.86. The molecule has 0 aliphatic heterocycles. The van der Waals surface area contributed by atoms with Crippen LogP contribution in [0.2, 0.25) is 5.15 Å². The molecule has 1 aromatic heterocycles. The molecule has 2 unspecified atom stereocenters. The van der Waals surface area contributed by atoms with E-state index in [1.807, 2.05) is 6.07 Å². The average Bonchev–Trinajstić information content (AvgIpc) is 2.58. The molecule has 0 bridgehead atoms. The van der Waals surface area contributed by atoms with Crippen LogP contribution in [0.25, 0.3) is 0 Å². The maximum Gasteiger partial charge on any atom is 0.152 e. The molecule has 1 aliphatic carbocycles.